The molecule has 0 heterocycles. The molecule has 0 saturated carbocycles. The third-order valence-corrected chi connectivity index (χ3v) is 2.54. The molecule has 0 radical (unpaired) electrons. The molecular formula is C14H14O2. The van der Waals surface area contributed by atoms with Gasteiger partial charge in [-0.3, -0.25) is 4.79 Å². The molecule has 2 heteroatoms. The number of carbonyl (C=O) groups is 1. The molecule has 16 heavy (non-hydrogen) atoms. The number of carbonyl (C=O) groups excluding carboxylic acids is 1. The molecule has 0 aromatic heterocycles. The van der Waals surface area contributed by atoms with E-state index in [4.69, 9.17) is 4.74 Å². The molecule has 0 aliphatic carbocycles. The van der Waals surface area contributed by atoms with Crippen molar-refractivity contribution < 1.29 is 9.53 Å². The first-order valence-corrected chi connectivity index (χ1v) is 5.39. The summed E-state index contributed by atoms with van der Waals surface area (Å²) in [6, 6.07) is 11.9. The Hall–Kier alpha value is -1.67. The zero-order valence-corrected chi connectivity index (χ0v) is 9.27. The molecule has 2 nitrogen and oxygen atoms in total. The molecule has 0 aliphatic heterocycles. The Morgan fingerprint density at radius 1 is 1.12 bits per heavy atom. The van der Waals surface area contributed by atoms with E-state index >= 15 is 0 Å². The van der Waals surface area contributed by atoms with E-state index in [1.807, 2.05) is 25.1 Å². The Morgan fingerprint density at radius 3 is 2.69 bits per heavy atom. The number of hydrogen-bond donors (Lipinski definition) is 0. The SMILES string of the molecule is CCOCc1ccc2ccc(C=O)cc2c1. The molecule has 82 valence electrons. The maximum atomic E-state index is 10.7. The van der Waals surface area contributed by atoms with Gasteiger partial charge in [-0.15, -0.1) is 0 Å². The van der Waals surface area contributed by atoms with Gasteiger partial charge in [-0.25, -0.2) is 0 Å². The quantitative estimate of drug-likeness (QED) is 0.730. The second-order valence-corrected chi connectivity index (χ2v) is 3.70. The van der Waals surface area contributed by atoms with E-state index in [0.29, 0.717) is 18.8 Å². The summed E-state index contributed by atoms with van der Waals surface area (Å²) in [6.45, 7) is 3.32. The van der Waals surface area contributed by atoms with Crippen LogP contribution in [0.3, 0.4) is 0 Å². The van der Waals surface area contributed by atoms with Gasteiger partial charge in [0.1, 0.15) is 6.29 Å². The highest BCUT2D eigenvalue weighted by Gasteiger charge is 1.98. The van der Waals surface area contributed by atoms with Crippen LogP contribution in [0.15, 0.2) is 36.4 Å². The van der Waals surface area contributed by atoms with Crippen LogP contribution in [0.25, 0.3) is 10.8 Å². The summed E-state index contributed by atoms with van der Waals surface area (Å²) in [5.74, 6) is 0. The van der Waals surface area contributed by atoms with Gasteiger partial charge in [-0.1, -0.05) is 24.3 Å². The van der Waals surface area contributed by atoms with Gasteiger partial charge < -0.3 is 4.74 Å². The van der Waals surface area contributed by atoms with Gasteiger partial charge in [0.2, 0.25) is 0 Å². The van der Waals surface area contributed by atoms with E-state index in [2.05, 4.69) is 18.2 Å². The van der Waals surface area contributed by atoms with Gasteiger partial charge in [0.05, 0.1) is 6.61 Å². The first-order chi connectivity index (χ1) is 7.83. The number of rotatable bonds is 4. The van der Waals surface area contributed by atoms with E-state index in [-0.39, 0.29) is 0 Å². The standard InChI is InChI=1S/C14H14O2/c1-2-16-10-12-4-6-13-5-3-11(9-15)7-14(13)8-12/h3-9H,2,10H2,1H3. The first kappa shape index (κ1) is 10.8. The summed E-state index contributed by atoms with van der Waals surface area (Å²) in [5, 5.41) is 2.23. The van der Waals surface area contributed by atoms with Gasteiger partial charge in [0.15, 0.2) is 0 Å². The van der Waals surface area contributed by atoms with E-state index in [0.717, 1.165) is 22.6 Å². The van der Waals surface area contributed by atoms with Crippen LogP contribution in [0.2, 0.25) is 0 Å². The van der Waals surface area contributed by atoms with E-state index in [1.54, 1.807) is 0 Å². The van der Waals surface area contributed by atoms with Crippen molar-refractivity contribution in [2.75, 3.05) is 6.61 Å². The molecule has 0 saturated heterocycles. The molecule has 0 N–H and O–H groups in total. The average molecular weight is 214 g/mol. The van der Waals surface area contributed by atoms with Gasteiger partial charge in [0.25, 0.3) is 0 Å². The third kappa shape index (κ3) is 2.28. The summed E-state index contributed by atoms with van der Waals surface area (Å²) < 4.78 is 5.36. The van der Waals surface area contributed by atoms with Crippen molar-refractivity contribution in [2.45, 2.75) is 13.5 Å². The lowest BCUT2D eigenvalue weighted by molar-refractivity contribution is 0.112. The predicted molar refractivity (Wildman–Crippen MR) is 64.7 cm³/mol. The van der Waals surface area contributed by atoms with Crippen molar-refractivity contribution in [3.63, 3.8) is 0 Å². The monoisotopic (exact) mass is 214 g/mol. The van der Waals surface area contributed by atoms with E-state index in [9.17, 15) is 4.79 Å². The van der Waals surface area contributed by atoms with Crippen LogP contribution < -0.4 is 0 Å². The highest BCUT2D eigenvalue weighted by atomic mass is 16.5. The fraction of sp³-hybridized carbons (Fsp3) is 0.214. The zero-order valence-electron chi connectivity index (χ0n) is 9.27. The highest BCUT2D eigenvalue weighted by molar-refractivity contribution is 5.89. The Labute approximate surface area is 94.8 Å². The second-order valence-electron chi connectivity index (χ2n) is 3.70. The molecule has 0 aliphatic rings. The number of ether oxygens (including phenoxy) is 1. The van der Waals surface area contributed by atoms with Crippen molar-refractivity contribution in [1.82, 2.24) is 0 Å². The molecule has 0 fully saturated rings. The van der Waals surface area contributed by atoms with E-state index < -0.39 is 0 Å². The van der Waals surface area contributed by atoms with Gasteiger partial charge in [0, 0.05) is 12.2 Å². The summed E-state index contributed by atoms with van der Waals surface area (Å²) >= 11 is 0. The summed E-state index contributed by atoms with van der Waals surface area (Å²) in [4.78, 5) is 10.7. The largest absolute Gasteiger partial charge is 0.377 e. The minimum atomic E-state index is 0.623. The van der Waals surface area contributed by atoms with Crippen LogP contribution in [0.4, 0.5) is 0 Å². The van der Waals surface area contributed by atoms with Crippen molar-refractivity contribution in [1.29, 1.82) is 0 Å². The molecule has 2 aromatic rings. The summed E-state index contributed by atoms with van der Waals surface area (Å²) in [5.41, 5.74) is 1.85. The number of benzene rings is 2. The molecule has 2 aromatic carbocycles. The molecule has 0 atom stereocenters. The van der Waals surface area contributed by atoms with Gasteiger partial charge in [-0.05, 0) is 35.4 Å². The van der Waals surface area contributed by atoms with Crippen LogP contribution in [-0.2, 0) is 11.3 Å². The zero-order chi connectivity index (χ0) is 11.4. The fourth-order valence-corrected chi connectivity index (χ4v) is 1.70. The maximum Gasteiger partial charge on any atom is 0.150 e. The fourth-order valence-electron chi connectivity index (χ4n) is 1.70. The molecule has 0 bridgehead atoms. The number of aldehydes is 1. The minimum Gasteiger partial charge on any atom is -0.377 e. The van der Waals surface area contributed by atoms with Crippen LogP contribution in [0, 0.1) is 0 Å². The Bertz CT molecular complexity index is 503. The molecule has 0 spiro atoms. The lowest BCUT2D eigenvalue weighted by Crippen LogP contribution is -1.91. The van der Waals surface area contributed by atoms with Crippen molar-refractivity contribution in [2.24, 2.45) is 0 Å². The van der Waals surface area contributed by atoms with Crippen LogP contribution >= 0.6 is 0 Å². The topological polar surface area (TPSA) is 26.3 Å². The van der Waals surface area contributed by atoms with Crippen molar-refractivity contribution in [3.05, 3.63) is 47.5 Å². The Kier molecular flexibility index (Phi) is 3.32. The summed E-state index contributed by atoms with van der Waals surface area (Å²) in [6.07, 6.45) is 0.870. The molecule has 2 rings (SSSR count). The normalized spacial score (nSPS) is 10.6. The lowest BCUT2D eigenvalue weighted by Gasteiger charge is -2.04. The lowest BCUT2D eigenvalue weighted by atomic mass is 10.1. The second kappa shape index (κ2) is 4.90. The smallest absolute Gasteiger partial charge is 0.150 e. The van der Waals surface area contributed by atoms with E-state index in [1.165, 1.54) is 0 Å². The maximum absolute atomic E-state index is 10.7. The highest BCUT2D eigenvalue weighted by Crippen LogP contribution is 2.17. The van der Waals surface area contributed by atoms with Crippen LogP contribution in [0.1, 0.15) is 22.8 Å². The van der Waals surface area contributed by atoms with Crippen LogP contribution in [0.5, 0.6) is 0 Å². The van der Waals surface area contributed by atoms with Gasteiger partial charge >= 0.3 is 0 Å². The molecular weight excluding hydrogens is 200 g/mol. The predicted octanol–water partition coefficient (Wildman–Crippen LogP) is 3.19. The first-order valence-electron chi connectivity index (χ1n) is 5.39. The van der Waals surface area contributed by atoms with Crippen molar-refractivity contribution >= 4 is 17.1 Å². The van der Waals surface area contributed by atoms with Crippen LogP contribution in [-0.4, -0.2) is 12.9 Å². The molecule has 0 amide bonds. The Balaban J connectivity index is 2.38. The number of hydrogen-bond acceptors (Lipinski definition) is 2. The minimum absolute atomic E-state index is 0.623. The molecule has 0 unspecified atom stereocenters. The summed E-state index contributed by atoms with van der Waals surface area (Å²) in [7, 11) is 0. The Morgan fingerprint density at radius 2 is 1.94 bits per heavy atom. The average Bonchev–Trinajstić information content (AvgIpc) is 2.35. The van der Waals surface area contributed by atoms with Crippen molar-refractivity contribution in [3.8, 4) is 0 Å². The number of fused-ring (bicyclic) bond motifs is 1. The third-order valence-electron chi connectivity index (χ3n) is 2.54. The van der Waals surface area contributed by atoms with Gasteiger partial charge in [-0.2, -0.15) is 0 Å².